The number of amides is 1. The van der Waals surface area contributed by atoms with Gasteiger partial charge in [0.05, 0.1) is 5.69 Å². The Labute approximate surface area is 178 Å². The molecule has 0 radical (unpaired) electrons. The minimum absolute atomic E-state index is 0.00966. The molecule has 1 fully saturated rings. The molecular weight excluding hydrogens is 372 g/mol. The Morgan fingerprint density at radius 1 is 0.933 bits per heavy atom. The molecule has 0 aliphatic carbocycles. The van der Waals surface area contributed by atoms with E-state index in [1.165, 1.54) is 5.56 Å². The first-order valence-corrected chi connectivity index (χ1v) is 10.6. The van der Waals surface area contributed by atoms with E-state index in [0.29, 0.717) is 18.2 Å². The molecule has 0 spiro atoms. The van der Waals surface area contributed by atoms with Crippen molar-refractivity contribution >= 4 is 5.91 Å². The van der Waals surface area contributed by atoms with Crippen LogP contribution in [0.4, 0.5) is 0 Å². The second kappa shape index (κ2) is 9.12. The number of nitrogens with zero attached hydrogens (tertiary/aromatic N) is 2. The zero-order chi connectivity index (χ0) is 20.9. The topological polar surface area (TPSA) is 42.4 Å². The van der Waals surface area contributed by atoms with Crippen molar-refractivity contribution < 1.29 is 9.53 Å². The fraction of sp³-hybridized carbons (Fsp3) is 0.308. The van der Waals surface area contributed by atoms with Crippen molar-refractivity contribution in [1.82, 2.24) is 9.88 Å². The lowest BCUT2D eigenvalue weighted by Gasteiger charge is -2.32. The van der Waals surface area contributed by atoms with Gasteiger partial charge in [0, 0.05) is 13.1 Å². The molecule has 0 N–H and O–H groups in total. The zero-order valence-corrected chi connectivity index (χ0v) is 17.7. The molecule has 0 atom stereocenters. The number of benzene rings is 2. The number of pyridine rings is 1. The molecule has 1 amide bonds. The number of rotatable bonds is 5. The van der Waals surface area contributed by atoms with E-state index in [4.69, 9.17) is 4.74 Å². The highest BCUT2D eigenvalue weighted by molar-refractivity contribution is 5.92. The minimum atomic E-state index is 0.00966. The number of para-hydroxylation sites is 1. The number of piperidine rings is 1. The van der Waals surface area contributed by atoms with Crippen molar-refractivity contribution in [1.29, 1.82) is 0 Å². The monoisotopic (exact) mass is 400 g/mol. The molecule has 0 saturated carbocycles. The van der Waals surface area contributed by atoms with Gasteiger partial charge < -0.3 is 9.64 Å². The number of hydrogen-bond donors (Lipinski definition) is 0. The van der Waals surface area contributed by atoms with Crippen LogP contribution in [0.2, 0.25) is 0 Å². The first-order chi connectivity index (χ1) is 14.6. The van der Waals surface area contributed by atoms with Crippen molar-refractivity contribution in [3.63, 3.8) is 0 Å². The van der Waals surface area contributed by atoms with Gasteiger partial charge in [0.15, 0.2) is 0 Å². The van der Waals surface area contributed by atoms with Crippen LogP contribution in [0.25, 0.3) is 0 Å². The van der Waals surface area contributed by atoms with Gasteiger partial charge >= 0.3 is 0 Å². The average Bonchev–Trinajstić information content (AvgIpc) is 2.79. The standard InChI is InChI=1S/C26H28N2O2/c1-19-8-6-9-20(2)25(19)30-18-23-12-7-13-24(27-23)26(29)28-16-14-22(15-17-28)21-10-4-3-5-11-21/h3-13,22H,14-18H2,1-2H3. The van der Waals surface area contributed by atoms with Crippen LogP contribution in [-0.2, 0) is 6.61 Å². The van der Waals surface area contributed by atoms with Gasteiger partial charge in [0.2, 0.25) is 0 Å². The molecule has 3 aromatic rings. The molecular formula is C26H28N2O2. The number of likely N-dealkylation sites (tertiary alicyclic amines) is 1. The lowest BCUT2D eigenvalue weighted by atomic mass is 9.89. The number of carbonyl (C=O) groups is 1. The Kier molecular flexibility index (Phi) is 6.12. The maximum atomic E-state index is 13.0. The Bertz CT molecular complexity index is 988. The van der Waals surface area contributed by atoms with Crippen molar-refractivity contribution in [3.8, 4) is 5.75 Å². The number of ether oxygens (including phenoxy) is 1. The van der Waals surface area contributed by atoms with Crippen molar-refractivity contribution in [3.05, 3.63) is 94.8 Å². The molecule has 0 bridgehead atoms. The van der Waals surface area contributed by atoms with Gasteiger partial charge in [0.1, 0.15) is 18.1 Å². The number of carbonyl (C=O) groups excluding carboxylic acids is 1. The molecule has 2 aromatic carbocycles. The van der Waals surface area contributed by atoms with E-state index < -0.39 is 0 Å². The van der Waals surface area contributed by atoms with E-state index in [0.717, 1.165) is 48.5 Å². The Morgan fingerprint density at radius 3 is 2.30 bits per heavy atom. The molecule has 0 unspecified atom stereocenters. The van der Waals surface area contributed by atoms with Crippen LogP contribution in [0.15, 0.2) is 66.7 Å². The van der Waals surface area contributed by atoms with Crippen LogP contribution >= 0.6 is 0 Å². The Morgan fingerprint density at radius 2 is 1.60 bits per heavy atom. The van der Waals surface area contributed by atoms with E-state index in [9.17, 15) is 4.79 Å². The van der Waals surface area contributed by atoms with E-state index in [1.54, 1.807) is 6.07 Å². The third kappa shape index (κ3) is 4.54. The largest absolute Gasteiger partial charge is 0.487 e. The van der Waals surface area contributed by atoms with E-state index in [2.05, 4.69) is 29.2 Å². The first kappa shape index (κ1) is 20.1. The second-order valence-electron chi connectivity index (χ2n) is 8.00. The molecule has 2 heterocycles. The molecule has 4 heteroatoms. The van der Waals surface area contributed by atoms with Crippen LogP contribution < -0.4 is 4.74 Å². The molecule has 154 valence electrons. The van der Waals surface area contributed by atoms with E-state index in [1.807, 2.05) is 55.1 Å². The summed E-state index contributed by atoms with van der Waals surface area (Å²) >= 11 is 0. The van der Waals surface area contributed by atoms with Crippen LogP contribution in [-0.4, -0.2) is 28.9 Å². The predicted molar refractivity (Wildman–Crippen MR) is 119 cm³/mol. The summed E-state index contributed by atoms with van der Waals surface area (Å²) in [6.45, 7) is 5.96. The van der Waals surface area contributed by atoms with Gasteiger partial charge in [-0.3, -0.25) is 4.79 Å². The molecule has 4 nitrogen and oxygen atoms in total. The molecule has 1 saturated heterocycles. The number of aryl methyl sites for hydroxylation is 2. The van der Waals surface area contributed by atoms with Crippen LogP contribution in [0, 0.1) is 13.8 Å². The van der Waals surface area contributed by atoms with Crippen molar-refractivity contribution in [2.45, 2.75) is 39.2 Å². The number of aromatic nitrogens is 1. The summed E-state index contributed by atoms with van der Waals surface area (Å²) in [6, 6.07) is 22.3. The van der Waals surface area contributed by atoms with Gasteiger partial charge in [-0.15, -0.1) is 0 Å². The number of hydrogen-bond acceptors (Lipinski definition) is 3. The first-order valence-electron chi connectivity index (χ1n) is 10.6. The molecule has 1 aliphatic heterocycles. The zero-order valence-electron chi connectivity index (χ0n) is 17.7. The summed E-state index contributed by atoms with van der Waals surface area (Å²) in [5.74, 6) is 1.43. The summed E-state index contributed by atoms with van der Waals surface area (Å²) in [6.07, 6.45) is 1.98. The van der Waals surface area contributed by atoms with E-state index >= 15 is 0 Å². The fourth-order valence-corrected chi connectivity index (χ4v) is 4.16. The van der Waals surface area contributed by atoms with Crippen molar-refractivity contribution in [2.75, 3.05) is 13.1 Å². The Balaban J connectivity index is 1.38. The third-order valence-electron chi connectivity index (χ3n) is 5.85. The van der Waals surface area contributed by atoms with Crippen LogP contribution in [0.3, 0.4) is 0 Å². The smallest absolute Gasteiger partial charge is 0.272 e. The van der Waals surface area contributed by atoms with Gasteiger partial charge in [0.25, 0.3) is 5.91 Å². The van der Waals surface area contributed by atoms with Crippen LogP contribution in [0.1, 0.15) is 51.6 Å². The molecule has 1 aliphatic rings. The average molecular weight is 401 g/mol. The third-order valence-corrected chi connectivity index (χ3v) is 5.85. The molecule has 4 rings (SSSR count). The summed E-state index contributed by atoms with van der Waals surface area (Å²) in [7, 11) is 0. The fourth-order valence-electron chi connectivity index (χ4n) is 4.16. The summed E-state index contributed by atoms with van der Waals surface area (Å²) in [4.78, 5) is 19.5. The summed E-state index contributed by atoms with van der Waals surface area (Å²) < 4.78 is 6.01. The minimum Gasteiger partial charge on any atom is -0.487 e. The normalized spacial score (nSPS) is 14.5. The SMILES string of the molecule is Cc1cccc(C)c1OCc1cccc(C(=O)N2CCC(c3ccccc3)CC2)n1. The Hall–Kier alpha value is -3.14. The lowest BCUT2D eigenvalue weighted by Crippen LogP contribution is -2.38. The highest BCUT2D eigenvalue weighted by atomic mass is 16.5. The van der Waals surface area contributed by atoms with Crippen LogP contribution in [0.5, 0.6) is 5.75 Å². The lowest BCUT2D eigenvalue weighted by molar-refractivity contribution is 0.0706. The summed E-state index contributed by atoms with van der Waals surface area (Å²) in [5, 5.41) is 0. The van der Waals surface area contributed by atoms with Gasteiger partial charge in [-0.25, -0.2) is 4.98 Å². The maximum absolute atomic E-state index is 13.0. The maximum Gasteiger partial charge on any atom is 0.272 e. The highest BCUT2D eigenvalue weighted by Crippen LogP contribution is 2.28. The van der Waals surface area contributed by atoms with Gasteiger partial charge in [-0.2, -0.15) is 0 Å². The van der Waals surface area contributed by atoms with Crippen molar-refractivity contribution in [2.24, 2.45) is 0 Å². The van der Waals surface area contributed by atoms with E-state index in [-0.39, 0.29) is 5.91 Å². The van der Waals surface area contributed by atoms with Gasteiger partial charge in [-0.05, 0) is 61.4 Å². The highest BCUT2D eigenvalue weighted by Gasteiger charge is 2.25. The predicted octanol–water partition coefficient (Wildman–Crippen LogP) is 5.30. The quantitative estimate of drug-likeness (QED) is 0.584. The molecule has 1 aromatic heterocycles. The van der Waals surface area contributed by atoms with Gasteiger partial charge in [-0.1, -0.05) is 54.6 Å². The second-order valence-corrected chi connectivity index (χ2v) is 8.00. The summed E-state index contributed by atoms with van der Waals surface area (Å²) in [5.41, 5.74) is 4.83. The molecule has 30 heavy (non-hydrogen) atoms.